The first-order valence-corrected chi connectivity index (χ1v) is 12.8. The number of halogens is 1. The molecule has 1 aromatic carbocycles. The van der Waals surface area contributed by atoms with Crippen LogP contribution in [0, 0.1) is 5.82 Å². The number of benzene rings is 1. The first-order valence-electron chi connectivity index (χ1n) is 12.8. The van der Waals surface area contributed by atoms with Gasteiger partial charge < -0.3 is 19.0 Å². The van der Waals surface area contributed by atoms with Gasteiger partial charge in [-0.05, 0) is 45.0 Å². The molecular weight excluding hydrogens is 523 g/mol. The molecule has 0 radical (unpaired) electrons. The van der Waals surface area contributed by atoms with Gasteiger partial charge in [0.05, 0.1) is 37.3 Å². The van der Waals surface area contributed by atoms with E-state index in [2.05, 4.69) is 20.5 Å². The Hall–Kier alpha value is -4.39. The number of hydrogen-bond acceptors (Lipinski definition) is 10. The minimum atomic E-state index is -0.575. The zero-order valence-electron chi connectivity index (χ0n) is 22.3. The summed E-state index contributed by atoms with van der Waals surface area (Å²) in [4.78, 5) is 35.4. The van der Waals surface area contributed by atoms with E-state index in [1.807, 2.05) is 0 Å². The fraction of sp³-hybridized carbons (Fsp3) is 0.407. The molecule has 2 aromatic heterocycles. The summed E-state index contributed by atoms with van der Waals surface area (Å²) < 4.78 is 32.7. The smallest absolute Gasteiger partial charge is 0.414 e. The van der Waals surface area contributed by atoms with Crippen LogP contribution in [0.15, 0.2) is 54.1 Å². The predicted molar refractivity (Wildman–Crippen MR) is 140 cm³/mol. The Morgan fingerprint density at radius 1 is 1.20 bits per heavy atom. The highest BCUT2D eigenvalue weighted by Crippen LogP contribution is 2.29. The topological polar surface area (TPSA) is 130 Å². The number of hydrogen-bond donors (Lipinski definition) is 0. The molecule has 1 fully saturated rings. The van der Waals surface area contributed by atoms with Crippen LogP contribution in [0.25, 0.3) is 11.1 Å². The largest absolute Gasteiger partial charge is 0.458 e. The van der Waals surface area contributed by atoms with E-state index in [9.17, 15) is 9.59 Å². The molecule has 0 unspecified atom stereocenters. The Balaban J connectivity index is 1.15. The normalized spacial score (nSPS) is 18.9. The molecule has 0 saturated carbocycles. The predicted octanol–water partition coefficient (Wildman–Crippen LogP) is 3.36. The Morgan fingerprint density at radius 3 is 2.75 bits per heavy atom. The van der Waals surface area contributed by atoms with Gasteiger partial charge in [0, 0.05) is 29.9 Å². The van der Waals surface area contributed by atoms with Gasteiger partial charge in [-0.25, -0.2) is 18.7 Å². The molecule has 2 aliphatic rings. The Kier molecular flexibility index (Phi) is 7.74. The number of anilines is 1. The Morgan fingerprint density at radius 2 is 2.05 bits per heavy atom. The van der Waals surface area contributed by atoms with Crippen LogP contribution >= 0.6 is 0 Å². The number of amides is 1. The van der Waals surface area contributed by atoms with Crippen molar-refractivity contribution in [2.75, 3.05) is 24.7 Å². The van der Waals surface area contributed by atoms with Gasteiger partial charge in [-0.1, -0.05) is 16.4 Å². The van der Waals surface area contributed by atoms with Crippen molar-refractivity contribution < 1.29 is 33.0 Å². The number of nitrogens with zero attached hydrogens (tertiary/aromatic N) is 6. The molecule has 40 heavy (non-hydrogen) atoms. The monoisotopic (exact) mass is 552 g/mol. The van der Waals surface area contributed by atoms with Crippen molar-refractivity contribution in [1.82, 2.24) is 20.0 Å². The average molecular weight is 553 g/mol. The van der Waals surface area contributed by atoms with Crippen LogP contribution in [0.3, 0.4) is 0 Å². The van der Waals surface area contributed by atoms with Gasteiger partial charge in [0.25, 0.3) is 0 Å². The number of pyridine rings is 1. The number of carbonyl (C=O) groups is 2. The van der Waals surface area contributed by atoms with Gasteiger partial charge in [-0.15, -0.1) is 5.10 Å². The maximum atomic E-state index is 15.1. The minimum Gasteiger partial charge on any atom is -0.458 e. The van der Waals surface area contributed by atoms with E-state index in [0.717, 1.165) is 0 Å². The molecule has 0 bridgehead atoms. The molecular formula is C27H29FN6O6. The summed E-state index contributed by atoms with van der Waals surface area (Å²) in [6, 6.07) is 8.06. The molecule has 2 atom stereocenters. The van der Waals surface area contributed by atoms with Gasteiger partial charge in [0.15, 0.2) is 6.10 Å². The lowest BCUT2D eigenvalue weighted by Crippen LogP contribution is -2.28. The van der Waals surface area contributed by atoms with Crippen molar-refractivity contribution in [3.63, 3.8) is 0 Å². The second-order valence-electron chi connectivity index (χ2n) is 10.4. The van der Waals surface area contributed by atoms with Crippen LogP contribution < -0.4 is 4.90 Å². The lowest BCUT2D eigenvalue weighted by molar-refractivity contribution is -0.161. The first-order chi connectivity index (χ1) is 19.1. The second-order valence-corrected chi connectivity index (χ2v) is 10.4. The number of esters is 1. The van der Waals surface area contributed by atoms with Crippen molar-refractivity contribution in [3.05, 3.63) is 60.4 Å². The van der Waals surface area contributed by atoms with E-state index >= 15 is 4.39 Å². The van der Waals surface area contributed by atoms with Crippen LogP contribution in [0.1, 0.15) is 32.9 Å². The highest BCUT2D eigenvalue weighted by Gasteiger charge is 2.33. The third kappa shape index (κ3) is 6.60. The molecule has 12 nitrogen and oxygen atoms in total. The molecule has 210 valence electrons. The molecule has 1 amide bonds. The molecule has 0 aliphatic carbocycles. The second kappa shape index (κ2) is 11.4. The number of oxime groups is 1. The highest BCUT2D eigenvalue weighted by molar-refractivity contribution is 5.99. The zero-order chi connectivity index (χ0) is 28.3. The van der Waals surface area contributed by atoms with E-state index in [-0.39, 0.29) is 25.9 Å². The minimum absolute atomic E-state index is 0.174. The lowest BCUT2D eigenvalue weighted by atomic mass is 10.0. The summed E-state index contributed by atoms with van der Waals surface area (Å²) in [6.45, 7) is 5.99. The molecule has 3 aromatic rings. The SMILES string of the molecule is CC(C)(C)OC(=O)COC[C@@H]1CC(c2ccc(-c3ccc(N4C[C@H](Cn5ccnn5)OC4=O)cc3F)cn2)=NO1. The van der Waals surface area contributed by atoms with E-state index in [0.29, 0.717) is 41.2 Å². The van der Waals surface area contributed by atoms with Gasteiger partial charge in [-0.2, -0.15) is 0 Å². The van der Waals surface area contributed by atoms with E-state index < -0.39 is 29.6 Å². The third-order valence-corrected chi connectivity index (χ3v) is 6.05. The zero-order valence-corrected chi connectivity index (χ0v) is 22.3. The molecule has 13 heteroatoms. The molecule has 1 saturated heterocycles. The number of rotatable bonds is 9. The summed E-state index contributed by atoms with van der Waals surface area (Å²) in [5.41, 5.74) is 1.95. The fourth-order valence-corrected chi connectivity index (χ4v) is 4.31. The van der Waals surface area contributed by atoms with Gasteiger partial charge in [0.1, 0.15) is 29.8 Å². The van der Waals surface area contributed by atoms with Gasteiger partial charge in [-0.3, -0.25) is 9.88 Å². The van der Waals surface area contributed by atoms with Crippen molar-refractivity contribution >= 4 is 23.5 Å². The number of carbonyl (C=O) groups excluding carboxylic acids is 2. The van der Waals surface area contributed by atoms with E-state index in [4.69, 9.17) is 19.0 Å². The van der Waals surface area contributed by atoms with Crippen molar-refractivity contribution in [3.8, 4) is 11.1 Å². The number of aromatic nitrogens is 4. The summed E-state index contributed by atoms with van der Waals surface area (Å²) >= 11 is 0. The molecule has 2 aliphatic heterocycles. The maximum absolute atomic E-state index is 15.1. The first kappa shape index (κ1) is 27.2. The third-order valence-electron chi connectivity index (χ3n) is 6.05. The summed E-state index contributed by atoms with van der Waals surface area (Å²) in [6.07, 6.45) is 3.91. The van der Waals surface area contributed by atoms with Crippen LogP contribution in [-0.2, 0) is 30.4 Å². The molecule has 4 heterocycles. The fourth-order valence-electron chi connectivity index (χ4n) is 4.31. The van der Waals surface area contributed by atoms with E-state index in [1.165, 1.54) is 11.0 Å². The molecule has 5 rings (SSSR count). The van der Waals surface area contributed by atoms with Gasteiger partial charge in [0.2, 0.25) is 0 Å². The molecule has 0 spiro atoms. The highest BCUT2D eigenvalue weighted by atomic mass is 19.1. The number of ether oxygens (including phenoxy) is 3. The average Bonchev–Trinajstić information content (AvgIpc) is 3.65. The van der Waals surface area contributed by atoms with Crippen LogP contribution in [0.4, 0.5) is 14.9 Å². The molecule has 0 N–H and O–H groups in total. The van der Waals surface area contributed by atoms with Crippen LogP contribution in [-0.4, -0.2) is 75.3 Å². The number of cyclic esters (lactones) is 1. The van der Waals surface area contributed by atoms with E-state index in [1.54, 1.807) is 68.3 Å². The quantitative estimate of drug-likeness (QED) is 0.367. The van der Waals surface area contributed by atoms with Gasteiger partial charge >= 0.3 is 12.1 Å². The van der Waals surface area contributed by atoms with Crippen molar-refractivity contribution in [2.24, 2.45) is 5.16 Å². The van der Waals surface area contributed by atoms with Crippen LogP contribution in [0.2, 0.25) is 0 Å². The summed E-state index contributed by atoms with van der Waals surface area (Å²) in [7, 11) is 0. The summed E-state index contributed by atoms with van der Waals surface area (Å²) in [5.74, 6) is -0.944. The van der Waals surface area contributed by atoms with Crippen molar-refractivity contribution in [1.29, 1.82) is 0 Å². The Labute approximate surface area is 229 Å². The standard InChI is InChI=1S/C27H29FN6O6/c1-27(2,3)39-25(35)16-37-15-19-11-24(31-40-19)23-7-4-17(12-29-23)21-6-5-18(10-22(21)28)34-14-20(38-26(34)36)13-33-9-8-30-32-33/h4-10,12,19-20H,11,13-16H2,1-3H3/t19-,20-/m0/s1. The van der Waals surface area contributed by atoms with Crippen molar-refractivity contribution in [2.45, 2.75) is 51.5 Å². The maximum Gasteiger partial charge on any atom is 0.414 e. The Bertz CT molecular complexity index is 1390. The summed E-state index contributed by atoms with van der Waals surface area (Å²) in [5, 5.41) is 11.7. The lowest BCUT2D eigenvalue weighted by Gasteiger charge is -2.19. The van der Waals surface area contributed by atoms with Crippen LogP contribution in [0.5, 0.6) is 0 Å².